The van der Waals surface area contributed by atoms with Crippen LogP contribution in [-0.2, 0) is 11.2 Å². The minimum absolute atomic E-state index is 0.161. The standard InChI is InChI=1S/C20H22O5/c1-5-14-9-11-15(12-10-14)19(21)13(2)25-20(22)18-16(23-3)7-6-8-17(18)24-4/h6-13H,5H2,1-4H3. The molecule has 0 amide bonds. The van der Waals surface area contributed by atoms with Crippen molar-refractivity contribution < 1.29 is 23.8 Å². The van der Waals surface area contributed by atoms with Gasteiger partial charge in [0.05, 0.1) is 14.2 Å². The van der Waals surface area contributed by atoms with Gasteiger partial charge in [-0.3, -0.25) is 4.79 Å². The highest BCUT2D eigenvalue weighted by Gasteiger charge is 2.25. The summed E-state index contributed by atoms with van der Waals surface area (Å²) in [7, 11) is 2.91. The van der Waals surface area contributed by atoms with Crippen LogP contribution in [0, 0.1) is 0 Å². The van der Waals surface area contributed by atoms with Crippen molar-refractivity contribution in [2.75, 3.05) is 14.2 Å². The fourth-order valence-corrected chi connectivity index (χ4v) is 2.46. The van der Waals surface area contributed by atoms with Gasteiger partial charge in [0.25, 0.3) is 0 Å². The number of aryl methyl sites for hydroxylation is 1. The second-order valence-corrected chi connectivity index (χ2v) is 5.50. The summed E-state index contributed by atoms with van der Waals surface area (Å²) in [6.07, 6.45) is -0.0262. The molecule has 2 rings (SSSR count). The van der Waals surface area contributed by atoms with Gasteiger partial charge in [-0.1, -0.05) is 37.3 Å². The average molecular weight is 342 g/mol. The summed E-state index contributed by atoms with van der Waals surface area (Å²) in [4.78, 5) is 25.0. The molecule has 0 aliphatic rings. The molecule has 132 valence electrons. The van der Waals surface area contributed by atoms with Gasteiger partial charge in [0.15, 0.2) is 6.10 Å². The molecular weight excluding hydrogens is 320 g/mol. The Labute approximate surface area is 147 Å². The molecule has 0 aliphatic heterocycles. The molecule has 2 aromatic carbocycles. The van der Waals surface area contributed by atoms with Crippen LogP contribution < -0.4 is 9.47 Å². The van der Waals surface area contributed by atoms with Crippen LogP contribution in [0.4, 0.5) is 0 Å². The first-order valence-corrected chi connectivity index (χ1v) is 8.06. The van der Waals surface area contributed by atoms with Gasteiger partial charge >= 0.3 is 5.97 Å². The minimum atomic E-state index is -0.922. The molecular formula is C20H22O5. The highest BCUT2D eigenvalue weighted by atomic mass is 16.6. The largest absolute Gasteiger partial charge is 0.496 e. The molecule has 0 saturated heterocycles. The SMILES string of the molecule is CCc1ccc(C(=O)C(C)OC(=O)c2c(OC)cccc2OC)cc1. The van der Waals surface area contributed by atoms with E-state index in [2.05, 4.69) is 0 Å². The number of esters is 1. The highest BCUT2D eigenvalue weighted by molar-refractivity contribution is 6.02. The van der Waals surface area contributed by atoms with Crippen LogP contribution in [0.1, 0.15) is 40.1 Å². The molecule has 0 spiro atoms. The van der Waals surface area contributed by atoms with Crippen molar-refractivity contribution in [3.8, 4) is 11.5 Å². The van der Waals surface area contributed by atoms with E-state index in [1.165, 1.54) is 14.2 Å². The predicted octanol–water partition coefficient (Wildman–Crippen LogP) is 3.69. The fraction of sp³-hybridized carbons (Fsp3) is 0.300. The Hall–Kier alpha value is -2.82. The van der Waals surface area contributed by atoms with Crippen molar-refractivity contribution in [3.05, 3.63) is 59.2 Å². The molecule has 1 unspecified atom stereocenters. The Morgan fingerprint density at radius 1 is 0.960 bits per heavy atom. The second kappa shape index (κ2) is 8.33. The number of Topliss-reactive ketones (excluding diaryl/α,β-unsaturated/α-hetero) is 1. The number of benzene rings is 2. The maximum atomic E-state index is 12.5. The number of rotatable bonds is 7. The fourth-order valence-electron chi connectivity index (χ4n) is 2.46. The van der Waals surface area contributed by atoms with E-state index in [9.17, 15) is 9.59 Å². The number of carbonyl (C=O) groups is 2. The summed E-state index contributed by atoms with van der Waals surface area (Å²) in [5.74, 6) is -0.266. The van der Waals surface area contributed by atoms with E-state index in [4.69, 9.17) is 14.2 Å². The molecule has 25 heavy (non-hydrogen) atoms. The van der Waals surface area contributed by atoms with Gasteiger partial charge in [0, 0.05) is 5.56 Å². The smallest absolute Gasteiger partial charge is 0.346 e. The van der Waals surface area contributed by atoms with Gasteiger partial charge in [-0.05, 0) is 31.0 Å². The lowest BCUT2D eigenvalue weighted by Crippen LogP contribution is -2.25. The Morgan fingerprint density at radius 3 is 2.00 bits per heavy atom. The number of ketones is 1. The molecule has 0 radical (unpaired) electrons. The Kier molecular flexibility index (Phi) is 6.17. The number of hydrogen-bond donors (Lipinski definition) is 0. The number of carbonyl (C=O) groups excluding carboxylic acids is 2. The first-order valence-electron chi connectivity index (χ1n) is 8.06. The van der Waals surface area contributed by atoms with E-state index < -0.39 is 12.1 Å². The second-order valence-electron chi connectivity index (χ2n) is 5.50. The van der Waals surface area contributed by atoms with Gasteiger partial charge in [-0.25, -0.2) is 4.79 Å². The minimum Gasteiger partial charge on any atom is -0.496 e. The van der Waals surface area contributed by atoms with Crippen LogP contribution in [0.3, 0.4) is 0 Å². The summed E-state index contributed by atoms with van der Waals surface area (Å²) in [6, 6.07) is 12.3. The van der Waals surface area contributed by atoms with Crippen molar-refractivity contribution in [2.45, 2.75) is 26.4 Å². The molecule has 0 heterocycles. The highest BCUT2D eigenvalue weighted by Crippen LogP contribution is 2.29. The third-order valence-corrected chi connectivity index (χ3v) is 3.93. The summed E-state index contributed by atoms with van der Waals surface area (Å²) in [5, 5.41) is 0. The van der Waals surface area contributed by atoms with Crippen LogP contribution in [0.2, 0.25) is 0 Å². The lowest BCUT2D eigenvalue weighted by Gasteiger charge is -2.16. The monoisotopic (exact) mass is 342 g/mol. The zero-order valence-corrected chi connectivity index (χ0v) is 14.9. The van der Waals surface area contributed by atoms with E-state index >= 15 is 0 Å². The maximum Gasteiger partial charge on any atom is 0.346 e. The number of methoxy groups -OCH3 is 2. The molecule has 0 fully saturated rings. The topological polar surface area (TPSA) is 61.8 Å². The quantitative estimate of drug-likeness (QED) is 0.567. The van der Waals surface area contributed by atoms with E-state index in [1.54, 1.807) is 37.3 Å². The first-order chi connectivity index (χ1) is 12.0. The van der Waals surface area contributed by atoms with Gasteiger partial charge in [0.2, 0.25) is 5.78 Å². The predicted molar refractivity (Wildman–Crippen MR) is 94.6 cm³/mol. The van der Waals surface area contributed by atoms with Crippen LogP contribution >= 0.6 is 0 Å². The van der Waals surface area contributed by atoms with Crippen LogP contribution in [0.25, 0.3) is 0 Å². The first kappa shape index (κ1) is 18.5. The normalized spacial score (nSPS) is 11.5. The maximum absolute atomic E-state index is 12.5. The lowest BCUT2D eigenvalue weighted by molar-refractivity contribution is 0.0313. The molecule has 0 aromatic heterocycles. The van der Waals surface area contributed by atoms with Crippen molar-refractivity contribution in [1.29, 1.82) is 0 Å². The van der Waals surface area contributed by atoms with E-state index in [1.807, 2.05) is 19.1 Å². The molecule has 5 heteroatoms. The third-order valence-electron chi connectivity index (χ3n) is 3.93. The van der Waals surface area contributed by atoms with Gasteiger partial charge in [-0.2, -0.15) is 0 Å². The summed E-state index contributed by atoms with van der Waals surface area (Å²) >= 11 is 0. The summed E-state index contributed by atoms with van der Waals surface area (Å²) in [6.45, 7) is 3.59. The van der Waals surface area contributed by atoms with Crippen LogP contribution in [-0.4, -0.2) is 32.1 Å². The van der Waals surface area contributed by atoms with E-state index in [-0.39, 0.29) is 11.3 Å². The van der Waals surface area contributed by atoms with Crippen molar-refractivity contribution >= 4 is 11.8 Å². The molecule has 2 aromatic rings. The molecule has 1 atom stereocenters. The Bertz CT molecular complexity index is 727. The molecule has 0 aliphatic carbocycles. The summed E-state index contributed by atoms with van der Waals surface area (Å²) < 4.78 is 15.7. The van der Waals surface area contributed by atoms with Crippen molar-refractivity contribution in [2.24, 2.45) is 0 Å². The number of ether oxygens (including phenoxy) is 3. The molecule has 5 nitrogen and oxygen atoms in total. The average Bonchev–Trinajstić information content (AvgIpc) is 2.66. The molecule has 0 saturated carbocycles. The Balaban J connectivity index is 2.18. The van der Waals surface area contributed by atoms with Gasteiger partial charge < -0.3 is 14.2 Å². The third kappa shape index (κ3) is 4.18. The summed E-state index contributed by atoms with van der Waals surface area (Å²) in [5.41, 5.74) is 1.80. The van der Waals surface area contributed by atoms with E-state index in [0.717, 1.165) is 12.0 Å². The van der Waals surface area contributed by atoms with Gasteiger partial charge in [-0.15, -0.1) is 0 Å². The Morgan fingerprint density at radius 2 is 1.52 bits per heavy atom. The molecule has 0 bridgehead atoms. The van der Waals surface area contributed by atoms with Crippen LogP contribution in [0.15, 0.2) is 42.5 Å². The van der Waals surface area contributed by atoms with Crippen molar-refractivity contribution in [3.63, 3.8) is 0 Å². The zero-order chi connectivity index (χ0) is 18.4. The van der Waals surface area contributed by atoms with E-state index in [0.29, 0.717) is 17.1 Å². The van der Waals surface area contributed by atoms with Gasteiger partial charge in [0.1, 0.15) is 17.1 Å². The zero-order valence-electron chi connectivity index (χ0n) is 14.9. The lowest BCUT2D eigenvalue weighted by atomic mass is 10.0. The van der Waals surface area contributed by atoms with Crippen LogP contribution in [0.5, 0.6) is 11.5 Å². The van der Waals surface area contributed by atoms with Crippen molar-refractivity contribution in [1.82, 2.24) is 0 Å². The number of hydrogen-bond acceptors (Lipinski definition) is 5. The molecule has 0 N–H and O–H groups in total.